The van der Waals surface area contributed by atoms with Crippen molar-refractivity contribution in [3.05, 3.63) is 48.0 Å². The number of halogens is 3. The zero-order chi connectivity index (χ0) is 21.7. The van der Waals surface area contributed by atoms with Crippen molar-refractivity contribution in [2.45, 2.75) is 32.0 Å². The van der Waals surface area contributed by atoms with E-state index in [4.69, 9.17) is 5.73 Å². The largest absolute Gasteiger partial charge is 0.417 e. The molecule has 1 amide bonds. The highest BCUT2D eigenvalue weighted by Crippen LogP contribution is 2.32. The molecule has 0 saturated heterocycles. The second kappa shape index (κ2) is 8.97. The highest BCUT2D eigenvalue weighted by molar-refractivity contribution is 6.00. The molecule has 0 aliphatic heterocycles. The van der Waals surface area contributed by atoms with Gasteiger partial charge in [0, 0.05) is 31.3 Å². The van der Waals surface area contributed by atoms with Gasteiger partial charge in [-0.1, -0.05) is 0 Å². The van der Waals surface area contributed by atoms with E-state index >= 15 is 0 Å². The van der Waals surface area contributed by atoms with Crippen LogP contribution in [0.25, 0.3) is 0 Å². The Labute approximate surface area is 170 Å². The number of carbonyl (C=O) groups is 1. The molecular weight excluding hydrogens is 399 g/mol. The fraction of sp³-hybridized carbons (Fsp3) is 0.368. The summed E-state index contributed by atoms with van der Waals surface area (Å²) in [6, 6.07) is 1.74. The zero-order valence-corrected chi connectivity index (χ0v) is 16.1. The maximum absolute atomic E-state index is 13.1. The summed E-state index contributed by atoms with van der Waals surface area (Å²) < 4.78 is 39.2. The van der Waals surface area contributed by atoms with Crippen LogP contribution in [0.1, 0.15) is 35.7 Å². The lowest BCUT2D eigenvalue weighted by Crippen LogP contribution is -2.44. The average molecular weight is 419 g/mol. The first kappa shape index (κ1) is 21.3. The molecule has 158 valence electrons. The Morgan fingerprint density at radius 1 is 1.33 bits per heavy atom. The number of hydrogen-bond donors (Lipinski definition) is 1. The van der Waals surface area contributed by atoms with Crippen molar-refractivity contribution in [1.29, 1.82) is 0 Å². The average Bonchev–Trinajstić information content (AvgIpc) is 3.55. The third-order valence-corrected chi connectivity index (χ3v) is 4.54. The maximum Gasteiger partial charge on any atom is 0.417 e. The number of amidine groups is 1. The van der Waals surface area contributed by atoms with E-state index in [1.54, 1.807) is 13.0 Å². The minimum atomic E-state index is -4.60. The fourth-order valence-corrected chi connectivity index (χ4v) is 2.77. The van der Waals surface area contributed by atoms with Gasteiger partial charge in [-0.05, 0) is 37.8 Å². The molecule has 1 aliphatic rings. The minimum absolute atomic E-state index is 0.129. The van der Waals surface area contributed by atoms with Gasteiger partial charge >= 0.3 is 6.18 Å². The number of carbonyl (C=O) groups excluding carboxylic acids is 1. The van der Waals surface area contributed by atoms with E-state index in [9.17, 15) is 18.0 Å². The lowest BCUT2D eigenvalue weighted by molar-refractivity contribution is -0.137. The molecule has 1 fully saturated rings. The van der Waals surface area contributed by atoms with Crippen molar-refractivity contribution >= 4 is 24.0 Å². The Kier molecular flexibility index (Phi) is 6.38. The summed E-state index contributed by atoms with van der Waals surface area (Å²) in [7, 11) is 0. The lowest BCUT2D eigenvalue weighted by atomic mass is 10.1. The third kappa shape index (κ3) is 5.37. The molecule has 2 aromatic heterocycles. The van der Waals surface area contributed by atoms with E-state index < -0.39 is 23.7 Å². The van der Waals surface area contributed by atoms with Crippen LogP contribution < -0.4 is 5.73 Å². The molecular formula is C19H20F3N7O. The van der Waals surface area contributed by atoms with E-state index in [1.165, 1.54) is 17.3 Å². The van der Waals surface area contributed by atoms with Gasteiger partial charge in [-0.3, -0.25) is 9.78 Å². The molecule has 8 nitrogen and oxygen atoms in total. The van der Waals surface area contributed by atoms with Crippen LogP contribution in [0.2, 0.25) is 0 Å². The van der Waals surface area contributed by atoms with Gasteiger partial charge in [0.1, 0.15) is 0 Å². The number of amides is 1. The van der Waals surface area contributed by atoms with Crippen molar-refractivity contribution in [2.75, 3.05) is 6.54 Å². The number of alkyl halides is 3. The Hall–Kier alpha value is -3.37. The Morgan fingerprint density at radius 3 is 2.63 bits per heavy atom. The van der Waals surface area contributed by atoms with Gasteiger partial charge in [0.15, 0.2) is 5.84 Å². The molecule has 1 saturated carbocycles. The molecule has 0 bridgehead atoms. The Bertz CT molecular complexity index is 943. The van der Waals surface area contributed by atoms with Gasteiger partial charge in [-0.15, -0.1) is 0 Å². The van der Waals surface area contributed by atoms with Crippen LogP contribution in [0.3, 0.4) is 0 Å². The first-order chi connectivity index (χ1) is 14.3. The topological polar surface area (TPSA) is 110 Å². The van der Waals surface area contributed by atoms with Gasteiger partial charge < -0.3 is 10.6 Å². The molecule has 0 spiro atoms. The standard InChI is InChI=1S/C19H20F3N7O/c1-12(16(27-11-23)28-18-25-5-2-6-26-18)29(10-13-3-4-13)17(30)14-7-15(9-24-8-14)19(20,21)22/h2,5-9,11-13H,3-4,10H2,1H3,(H2,23,25,26,27,28)/t12-/m0/s1. The zero-order valence-electron chi connectivity index (χ0n) is 16.1. The van der Waals surface area contributed by atoms with E-state index in [0.717, 1.165) is 31.4 Å². The quantitative estimate of drug-likeness (QED) is 0.572. The molecule has 0 unspecified atom stereocenters. The number of rotatable bonds is 6. The fourth-order valence-electron chi connectivity index (χ4n) is 2.77. The molecule has 3 rings (SSSR count). The Morgan fingerprint density at radius 2 is 2.03 bits per heavy atom. The summed E-state index contributed by atoms with van der Waals surface area (Å²) in [6.07, 6.45) is 3.11. The molecule has 2 heterocycles. The predicted molar refractivity (Wildman–Crippen MR) is 104 cm³/mol. The smallest absolute Gasteiger partial charge is 0.390 e. The molecule has 1 aliphatic carbocycles. The van der Waals surface area contributed by atoms with E-state index in [-0.39, 0.29) is 23.3 Å². The number of nitrogens with two attached hydrogens (primary N) is 1. The van der Waals surface area contributed by atoms with Gasteiger partial charge in [-0.25, -0.2) is 15.0 Å². The summed E-state index contributed by atoms with van der Waals surface area (Å²) in [5, 5.41) is 0. The first-order valence-electron chi connectivity index (χ1n) is 9.22. The Balaban J connectivity index is 1.94. The molecule has 2 aromatic rings. The SMILES string of the molecule is C[C@@H](C(N=CN)=Nc1ncccn1)N(CC1CC1)C(=O)c1cncc(C(F)(F)F)c1. The van der Waals surface area contributed by atoms with Gasteiger partial charge in [0.25, 0.3) is 11.9 Å². The lowest BCUT2D eigenvalue weighted by Gasteiger charge is -2.29. The van der Waals surface area contributed by atoms with Crippen LogP contribution in [-0.4, -0.2) is 50.5 Å². The van der Waals surface area contributed by atoms with Crippen LogP contribution >= 0.6 is 0 Å². The second-order valence-corrected chi connectivity index (χ2v) is 6.83. The van der Waals surface area contributed by atoms with Crippen LogP contribution in [0, 0.1) is 5.92 Å². The van der Waals surface area contributed by atoms with Crippen molar-refractivity contribution < 1.29 is 18.0 Å². The van der Waals surface area contributed by atoms with Crippen molar-refractivity contribution in [3.63, 3.8) is 0 Å². The molecule has 0 radical (unpaired) electrons. The van der Waals surface area contributed by atoms with Gasteiger partial charge in [0.05, 0.1) is 23.5 Å². The predicted octanol–water partition coefficient (Wildman–Crippen LogP) is 2.85. The number of nitrogens with zero attached hydrogens (tertiary/aromatic N) is 6. The third-order valence-electron chi connectivity index (χ3n) is 4.54. The number of aliphatic imine (C=N–C) groups is 2. The number of pyridine rings is 1. The minimum Gasteiger partial charge on any atom is -0.390 e. The van der Waals surface area contributed by atoms with Gasteiger partial charge in [-0.2, -0.15) is 18.2 Å². The van der Waals surface area contributed by atoms with Crippen LogP contribution in [-0.2, 0) is 6.18 Å². The molecule has 11 heteroatoms. The van der Waals surface area contributed by atoms with Crippen LogP contribution in [0.5, 0.6) is 0 Å². The van der Waals surface area contributed by atoms with Crippen molar-refractivity contribution in [3.8, 4) is 0 Å². The molecule has 0 aromatic carbocycles. The highest BCUT2D eigenvalue weighted by atomic mass is 19.4. The summed E-state index contributed by atoms with van der Waals surface area (Å²) in [4.78, 5) is 34.5. The maximum atomic E-state index is 13.1. The molecule has 30 heavy (non-hydrogen) atoms. The molecule has 2 N–H and O–H groups in total. The monoisotopic (exact) mass is 419 g/mol. The summed E-state index contributed by atoms with van der Waals surface area (Å²) in [5.74, 6) is -0.0321. The number of aromatic nitrogens is 3. The van der Waals surface area contributed by atoms with E-state index in [2.05, 4.69) is 24.9 Å². The van der Waals surface area contributed by atoms with E-state index in [1.807, 2.05) is 0 Å². The summed E-state index contributed by atoms with van der Waals surface area (Å²) in [6.45, 7) is 2.03. The summed E-state index contributed by atoms with van der Waals surface area (Å²) >= 11 is 0. The van der Waals surface area contributed by atoms with Crippen molar-refractivity contribution in [1.82, 2.24) is 19.9 Å². The van der Waals surface area contributed by atoms with Crippen LogP contribution in [0.4, 0.5) is 19.1 Å². The van der Waals surface area contributed by atoms with E-state index in [0.29, 0.717) is 12.7 Å². The normalized spacial score (nSPS) is 15.9. The van der Waals surface area contributed by atoms with Crippen molar-refractivity contribution in [2.24, 2.45) is 21.6 Å². The van der Waals surface area contributed by atoms with Gasteiger partial charge in [0.2, 0.25) is 0 Å². The second-order valence-electron chi connectivity index (χ2n) is 6.83. The first-order valence-corrected chi connectivity index (χ1v) is 9.22. The molecule has 1 atom stereocenters. The van der Waals surface area contributed by atoms with Crippen LogP contribution in [0.15, 0.2) is 46.9 Å². The summed E-state index contributed by atoms with van der Waals surface area (Å²) in [5.41, 5.74) is 4.29. The highest BCUT2D eigenvalue weighted by Gasteiger charge is 2.35. The number of hydrogen-bond acceptors (Lipinski definition) is 5.